The number of aliphatic carboxylic acids is 1. The second kappa shape index (κ2) is 12.2. The average molecular weight is 652 g/mol. The van der Waals surface area contributed by atoms with E-state index in [1.54, 1.807) is 16.7 Å². The van der Waals surface area contributed by atoms with Gasteiger partial charge in [-0.2, -0.15) is 0 Å². The summed E-state index contributed by atoms with van der Waals surface area (Å²) in [6.07, 6.45) is 4.18. The molecule has 4 aliphatic rings. The maximum absolute atomic E-state index is 17.0. The van der Waals surface area contributed by atoms with Crippen LogP contribution in [0.3, 0.4) is 0 Å². The van der Waals surface area contributed by atoms with Crippen molar-refractivity contribution < 1.29 is 33.0 Å². The summed E-state index contributed by atoms with van der Waals surface area (Å²) in [6.45, 7) is 2.48. The number of halogens is 2. The summed E-state index contributed by atoms with van der Waals surface area (Å²) in [5, 5.41) is 11.4. The standard InChI is InChI=1S/C33H35ClFN5O6/c1-19-17-39-12-11-33(19,35)23-14-20(34)16-36-30(23)45-21-15-24(31(41)42)40(18-21)29-28-27(22-8-5-6-9-25(22)46-28)37-26(38-29)10-4-2-3-7-13-44-32(39)43/h5-6,8-9,14,16,19,21,24H,2-4,7,10-13,15,17-18H2,1H3,(H,41,42)/t19-,21-,24-,33+/m0/s1. The number of pyridine rings is 1. The summed E-state index contributed by atoms with van der Waals surface area (Å²) in [5.41, 5.74) is -0.0556. The molecule has 46 heavy (non-hydrogen) atoms. The maximum atomic E-state index is 17.0. The monoisotopic (exact) mass is 651 g/mol. The number of ether oxygens (including phenoxy) is 2. The van der Waals surface area contributed by atoms with Crippen molar-refractivity contribution in [1.29, 1.82) is 0 Å². The molecule has 1 N–H and O–H groups in total. The van der Waals surface area contributed by atoms with Gasteiger partial charge in [0.25, 0.3) is 0 Å². The molecule has 8 rings (SSSR count). The number of para-hydroxylation sites is 1. The minimum Gasteiger partial charge on any atom is -0.480 e. The van der Waals surface area contributed by atoms with Gasteiger partial charge in [0, 0.05) is 49.9 Å². The van der Waals surface area contributed by atoms with E-state index in [1.165, 1.54) is 12.3 Å². The number of piperidine rings is 1. The van der Waals surface area contributed by atoms with Crippen LogP contribution in [-0.4, -0.2) is 75.4 Å². The molecule has 0 aliphatic carbocycles. The van der Waals surface area contributed by atoms with Crippen molar-refractivity contribution in [2.24, 2.45) is 5.92 Å². The fraction of sp³-hybridized carbons (Fsp3) is 0.485. The predicted octanol–water partition coefficient (Wildman–Crippen LogP) is 6.30. The number of hydrogen-bond donors (Lipinski definition) is 1. The normalized spacial score (nSPS) is 26.0. The molecule has 6 bridgehead atoms. The van der Waals surface area contributed by atoms with Crippen molar-refractivity contribution in [3.63, 3.8) is 0 Å². The van der Waals surface area contributed by atoms with E-state index in [1.807, 2.05) is 24.3 Å². The van der Waals surface area contributed by atoms with Gasteiger partial charge in [-0.05, 0) is 31.0 Å². The van der Waals surface area contributed by atoms with E-state index >= 15 is 4.39 Å². The third-order valence-electron chi connectivity index (χ3n) is 9.41. The summed E-state index contributed by atoms with van der Waals surface area (Å²) >= 11 is 6.32. The second-order valence-corrected chi connectivity index (χ2v) is 12.9. The molecule has 4 aromatic rings. The van der Waals surface area contributed by atoms with E-state index in [0.717, 1.165) is 24.6 Å². The Bertz CT molecular complexity index is 1800. The third-order valence-corrected chi connectivity index (χ3v) is 9.62. The number of carbonyl (C=O) groups is 2. The first-order valence-electron chi connectivity index (χ1n) is 15.8. The van der Waals surface area contributed by atoms with Crippen LogP contribution in [-0.2, 0) is 21.6 Å². The molecule has 242 valence electrons. The highest BCUT2D eigenvalue weighted by Crippen LogP contribution is 2.46. The lowest BCUT2D eigenvalue weighted by molar-refractivity contribution is -0.138. The number of carboxylic acid groups (broad SMARTS) is 1. The first kappa shape index (κ1) is 30.5. The van der Waals surface area contributed by atoms with Gasteiger partial charge in [0.2, 0.25) is 5.88 Å². The number of anilines is 1. The molecule has 11 nitrogen and oxygen atoms in total. The van der Waals surface area contributed by atoms with Gasteiger partial charge in [0.15, 0.2) is 11.4 Å². The Morgan fingerprint density at radius 2 is 1.98 bits per heavy atom. The summed E-state index contributed by atoms with van der Waals surface area (Å²) in [4.78, 5) is 42.8. The van der Waals surface area contributed by atoms with Crippen molar-refractivity contribution >= 4 is 51.6 Å². The SMILES string of the molecule is C[C@H]1CN2CC[C@]1(F)c1cc(Cl)cnc1O[C@H]1C[C@@H](C(=O)O)N(C1)c1nc(nc3c1oc1ccccc13)CCCCCCOC2=O. The van der Waals surface area contributed by atoms with Crippen molar-refractivity contribution in [2.45, 2.75) is 69.7 Å². The zero-order valence-corrected chi connectivity index (χ0v) is 26.2. The van der Waals surface area contributed by atoms with E-state index in [2.05, 4.69) is 4.98 Å². The minimum atomic E-state index is -1.89. The van der Waals surface area contributed by atoms with Crippen LogP contribution in [0.2, 0.25) is 5.02 Å². The average Bonchev–Trinajstić information content (AvgIpc) is 3.64. The molecule has 3 aromatic heterocycles. The summed E-state index contributed by atoms with van der Waals surface area (Å²) < 4.78 is 35.1. The van der Waals surface area contributed by atoms with E-state index in [-0.39, 0.29) is 55.5 Å². The Kier molecular flexibility index (Phi) is 8.08. The molecule has 0 unspecified atom stereocenters. The molecule has 4 aliphatic heterocycles. The lowest BCUT2D eigenvalue weighted by atomic mass is 9.79. The molecule has 7 heterocycles. The van der Waals surface area contributed by atoms with Gasteiger partial charge in [-0.25, -0.2) is 28.9 Å². The highest BCUT2D eigenvalue weighted by molar-refractivity contribution is 6.30. The molecule has 4 atom stereocenters. The van der Waals surface area contributed by atoms with Crippen molar-refractivity contribution in [1.82, 2.24) is 19.9 Å². The molecular formula is C33H35ClFN5O6. The molecule has 1 amide bonds. The molecular weight excluding hydrogens is 617 g/mol. The summed E-state index contributed by atoms with van der Waals surface area (Å²) in [6, 6.07) is 8.07. The molecule has 0 spiro atoms. The minimum absolute atomic E-state index is 0.00391. The van der Waals surface area contributed by atoms with E-state index in [0.29, 0.717) is 41.2 Å². The number of hydrogen-bond acceptors (Lipinski definition) is 9. The van der Waals surface area contributed by atoms with Crippen LogP contribution in [0.5, 0.6) is 5.88 Å². The van der Waals surface area contributed by atoms with Crippen LogP contribution in [0.15, 0.2) is 40.9 Å². The number of amides is 1. The van der Waals surface area contributed by atoms with E-state index in [4.69, 9.17) is 35.5 Å². The third kappa shape index (κ3) is 5.56. The first-order chi connectivity index (χ1) is 22.2. The van der Waals surface area contributed by atoms with Gasteiger partial charge in [-0.1, -0.05) is 43.5 Å². The molecule has 2 saturated heterocycles. The Labute approximate surface area is 269 Å². The topological polar surface area (TPSA) is 131 Å². The van der Waals surface area contributed by atoms with Crippen LogP contribution >= 0.6 is 11.6 Å². The summed E-state index contributed by atoms with van der Waals surface area (Å²) in [7, 11) is 0. The smallest absolute Gasteiger partial charge is 0.409 e. The number of furan rings is 1. The largest absolute Gasteiger partial charge is 0.480 e. The van der Waals surface area contributed by atoms with Crippen LogP contribution in [0.25, 0.3) is 22.1 Å². The predicted molar refractivity (Wildman–Crippen MR) is 168 cm³/mol. The number of aryl methyl sites for hydroxylation is 1. The lowest BCUT2D eigenvalue weighted by Gasteiger charge is -2.41. The first-order valence-corrected chi connectivity index (χ1v) is 16.2. The van der Waals surface area contributed by atoms with Crippen molar-refractivity contribution in [3.05, 3.63) is 52.9 Å². The molecule has 0 saturated carbocycles. The Morgan fingerprint density at radius 1 is 1.15 bits per heavy atom. The fourth-order valence-electron chi connectivity index (χ4n) is 6.92. The Hall–Kier alpha value is -4.19. The van der Waals surface area contributed by atoms with E-state index < -0.39 is 35.8 Å². The summed E-state index contributed by atoms with van der Waals surface area (Å²) in [5.74, 6) is -0.629. The van der Waals surface area contributed by atoms with Gasteiger partial charge in [0.1, 0.15) is 34.7 Å². The highest BCUT2D eigenvalue weighted by Gasteiger charge is 2.47. The number of alkyl halides is 1. The van der Waals surface area contributed by atoms with Gasteiger partial charge in [-0.15, -0.1) is 0 Å². The van der Waals surface area contributed by atoms with Gasteiger partial charge in [-0.3, -0.25) is 0 Å². The number of benzene rings is 1. The van der Waals surface area contributed by atoms with Gasteiger partial charge >= 0.3 is 12.1 Å². The zero-order valence-electron chi connectivity index (χ0n) is 25.5. The Morgan fingerprint density at radius 3 is 2.80 bits per heavy atom. The number of nitrogens with zero attached hydrogens (tertiary/aromatic N) is 5. The van der Waals surface area contributed by atoms with Crippen molar-refractivity contribution in [2.75, 3.05) is 31.1 Å². The van der Waals surface area contributed by atoms with Crippen LogP contribution in [0.1, 0.15) is 56.8 Å². The number of carboxylic acids is 1. The number of carbonyl (C=O) groups excluding carboxylic acids is 1. The number of aromatic nitrogens is 3. The fourth-order valence-corrected chi connectivity index (χ4v) is 7.08. The van der Waals surface area contributed by atoms with Crippen LogP contribution in [0.4, 0.5) is 15.0 Å². The second-order valence-electron chi connectivity index (χ2n) is 12.5. The van der Waals surface area contributed by atoms with Crippen LogP contribution in [0, 0.1) is 5.92 Å². The van der Waals surface area contributed by atoms with Gasteiger partial charge in [0.05, 0.1) is 23.7 Å². The lowest BCUT2D eigenvalue weighted by Crippen LogP contribution is -2.49. The molecule has 2 fully saturated rings. The van der Waals surface area contributed by atoms with Crippen molar-refractivity contribution in [3.8, 4) is 5.88 Å². The molecule has 0 radical (unpaired) electrons. The molecule has 13 heteroatoms. The Balaban J connectivity index is 1.30. The molecule has 1 aromatic carbocycles. The van der Waals surface area contributed by atoms with E-state index in [9.17, 15) is 14.7 Å². The quantitative estimate of drug-likeness (QED) is 0.250. The van der Waals surface area contributed by atoms with Gasteiger partial charge < -0.3 is 28.8 Å². The number of fused-ring (bicyclic) bond motifs is 12. The highest BCUT2D eigenvalue weighted by atomic mass is 35.5. The maximum Gasteiger partial charge on any atom is 0.409 e. The zero-order chi connectivity index (χ0) is 32.0. The number of rotatable bonds is 1. The van der Waals surface area contributed by atoms with Crippen LogP contribution < -0.4 is 9.64 Å².